The zero-order valence-electron chi connectivity index (χ0n) is 5.09. The molecule has 0 saturated heterocycles. The molecule has 4 heteroatoms. The zero-order valence-corrected chi connectivity index (χ0v) is 5.09. The molecule has 10 heavy (non-hydrogen) atoms. The lowest BCUT2D eigenvalue weighted by atomic mass is 10.4. The number of hydrogen-bond acceptors (Lipinski definition) is 2. The van der Waals surface area contributed by atoms with Crippen LogP contribution in [0.5, 0.6) is 0 Å². The van der Waals surface area contributed by atoms with Gasteiger partial charge in [-0.2, -0.15) is 0 Å². The first-order valence-electron chi connectivity index (χ1n) is 2.88. The fourth-order valence-electron chi connectivity index (χ4n) is 0.867. The van der Waals surface area contributed by atoms with Crippen molar-refractivity contribution in [2.45, 2.75) is 0 Å². The molecule has 0 radical (unpaired) electrons. The van der Waals surface area contributed by atoms with Gasteiger partial charge < -0.3 is 9.97 Å². The van der Waals surface area contributed by atoms with Crippen molar-refractivity contribution in [2.75, 3.05) is 0 Å². The molecule has 4 nitrogen and oxygen atoms in total. The molecule has 0 fully saturated rings. The first-order chi connectivity index (χ1) is 4.86. The second-order valence-corrected chi connectivity index (χ2v) is 2.01. The summed E-state index contributed by atoms with van der Waals surface area (Å²) in [5.41, 5.74) is 0.479. The summed E-state index contributed by atoms with van der Waals surface area (Å²) in [5, 5.41) is 0.916. The van der Waals surface area contributed by atoms with E-state index in [0.29, 0.717) is 0 Å². The van der Waals surface area contributed by atoms with Gasteiger partial charge in [0.25, 0.3) is 0 Å². The van der Waals surface area contributed by atoms with E-state index in [1.165, 1.54) is 6.20 Å². The van der Waals surface area contributed by atoms with E-state index in [9.17, 15) is 4.79 Å². The van der Waals surface area contributed by atoms with E-state index in [2.05, 4.69) is 15.0 Å². The van der Waals surface area contributed by atoms with E-state index >= 15 is 0 Å². The third kappa shape index (κ3) is 0.621. The minimum Gasteiger partial charge on any atom is -0.365 e. The van der Waals surface area contributed by atoms with E-state index in [1.54, 1.807) is 12.4 Å². The summed E-state index contributed by atoms with van der Waals surface area (Å²) in [7, 11) is 0. The summed E-state index contributed by atoms with van der Waals surface area (Å²) >= 11 is 0. The largest absolute Gasteiger partial charge is 0.365 e. The van der Waals surface area contributed by atoms with Crippen LogP contribution in [-0.2, 0) is 0 Å². The Morgan fingerprint density at radius 2 is 2.30 bits per heavy atom. The Kier molecular flexibility index (Phi) is 0.887. The second-order valence-electron chi connectivity index (χ2n) is 2.01. The molecule has 0 aliphatic heterocycles. The zero-order chi connectivity index (χ0) is 6.97. The molecule has 0 bridgehead atoms. The Balaban J connectivity index is 2.99. The van der Waals surface area contributed by atoms with E-state index in [4.69, 9.17) is 0 Å². The van der Waals surface area contributed by atoms with Crippen LogP contribution in [0.3, 0.4) is 0 Å². The summed E-state index contributed by atoms with van der Waals surface area (Å²) in [6.07, 6.45) is 5.03. The number of fused-ring (bicyclic) bond motifs is 1. The molecular weight excluding hydrogens is 130 g/mol. The van der Waals surface area contributed by atoms with E-state index in [1.807, 2.05) is 0 Å². The van der Waals surface area contributed by atoms with Crippen molar-refractivity contribution in [1.82, 2.24) is 15.0 Å². The maximum Gasteiger partial charge on any atom is 0.345 e. The van der Waals surface area contributed by atoms with Gasteiger partial charge in [-0.1, -0.05) is 0 Å². The van der Waals surface area contributed by atoms with Gasteiger partial charge in [-0.25, -0.2) is 9.78 Å². The second kappa shape index (κ2) is 1.70. The molecule has 2 aromatic rings. The normalized spacial score (nSPS) is 10.4. The lowest BCUT2D eigenvalue weighted by molar-refractivity contribution is 1.12. The van der Waals surface area contributed by atoms with Crippen LogP contribution in [0.1, 0.15) is 0 Å². The summed E-state index contributed by atoms with van der Waals surface area (Å²) in [6.45, 7) is 0. The van der Waals surface area contributed by atoms with Crippen molar-refractivity contribution in [1.29, 1.82) is 0 Å². The maximum atomic E-state index is 10.6. The monoisotopic (exact) mass is 135 g/mol. The molecule has 0 aromatic carbocycles. The highest BCUT2D eigenvalue weighted by Gasteiger charge is 1.92. The molecule has 0 atom stereocenters. The van der Waals surface area contributed by atoms with Gasteiger partial charge in [-0.3, -0.25) is 0 Å². The average Bonchev–Trinajstić information content (AvgIpc) is 2.33. The SMILES string of the molecule is O=c1ncc2c[nH]cc2[nH]1. The first kappa shape index (κ1) is 5.22. The number of H-pyrrole nitrogens is 2. The summed E-state index contributed by atoms with van der Waals surface area (Å²) in [6, 6.07) is 0. The molecule has 50 valence electrons. The Morgan fingerprint density at radius 1 is 1.40 bits per heavy atom. The number of nitrogens with zero attached hydrogens (tertiary/aromatic N) is 1. The molecule has 0 unspecified atom stereocenters. The van der Waals surface area contributed by atoms with Gasteiger partial charge in [-0.05, 0) is 0 Å². The van der Waals surface area contributed by atoms with Crippen LogP contribution in [0, 0.1) is 0 Å². The van der Waals surface area contributed by atoms with Crippen molar-refractivity contribution in [3.63, 3.8) is 0 Å². The van der Waals surface area contributed by atoms with Crippen LogP contribution in [-0.4, -0.2) is 15.0 Å². The minimum atomic E-state index is -0.313. The number of hydrogen-bond donors (Lipinski definition) is 2. The topological polar surface area (TPSA) is 61.5 Å². The van der Waals surface area contributed by atoms with Crippen LogP contribution in [0.4, 0.5) is 0 Å². The van der Waals surface area contributed by atoms with E-state index in [0.717, 1.165) is 10.9 Å². The van der Waals surface area contributed by atoms with Gasteiger partial charge in [0.15, 0.2) is 0 Å². The maximum absolute atomic E-state index is 10.6. The van der Waals surface area contributed by atoms with Gasteiger partial charge >= 0.3 is 5.69 Å². The van der Waals surface area contributed by atoms with Crippen molar-refractivity contribution >= 4 is 10.9 Å². The number of rotatable bonds is 0. The predicted octanol–water partition coefficient (Wildman–Crippen LogP) is 0.251. The molecule has 0 saturated carbocycles. The average molecular weight is 135 g/mol. The quantitative estimate of drug-likeness (QED) is 0.544. The number of aromatic amines is 2. The fourth-order valence-corrected chi connectivity index (χ4v) is 0.867. The first-order valence-corrected chi connectivity index (χ1v) is 2.88. The van der Waals surface area contributed by atoms with Crippen LogP contribution in [0.15, 0.2) is 23.4 Å². The molecule has 0 aliphatic carbocycles. The molecule has 2 rings (SSSR count). The van der Waals surface area contributed by atoms with Gasteiger partial charge in [0.2, 0.25) is 0 Å². The van der Waals surface area contributed by atoms with Gasteiger partial charge in [0.05, 0.1) is 5.52 Å². The summed E-state index contributed by atoms with van der Waals surface area (Å²) < 4.78 is 0. The lowest BCUT2D eigenvalue weighted by Crippen LogP contribution is -2.07. The molecule has 0 spiro atoms. The third-order valence-electron chi connectivity index (χ3n) is 1.34. The number of aromatic nitrogens is 3. The fraction of sp³-hybridized carbons (Fsp3) is 0. The molecule has 2 aromatic heterocycles. The molecule has 2 N–H and O–H groups in total. The minimum absolute atomic E-state index is 0.313. The summed E-state index contributed by atoms with van der Waals surface area (Å²) in [5.74, 6) is 0. The van der Waals surface area contributed by atoms with Crippen molar-refractivity contribution in [3.05, 3.63) is 29.1 Å². The smallest absolute Gasteiger partial charge is 0.345 e. The molecule has 0 aliphatic rings. The standard InChI is InChI=1S/C6H5N3O/c10-6-8-2-4-1-7-3-5(4)9-6/h1-3,7H,(H,9,10). The Morgan fingerprint density at radius 3 is 3.20 bits per heavy atom. The van der Waals surface area contributed by atoms with Crippen molar-refractivity contribution in [3.8, 4) is 0 Å². The van der Waals surface area contributed by atoms with Gasteiger partial charge in [0.1, 0.15) is 0 Å². The molecule has 0 amide bonds. The van der Waals surface area contributed by atoms with Crippen LogP contribution < -0.4 is 5.69 Å². The van der Waals surface area contributed by atoms with E-state index < -0.39 is 0 Å². The van der Waals surface area contributed by atoms with Gasteiger partial charge in [-0.15, -0.1) is 0 Å². The number of nitrogens with one attached hydrogen (secondary N) is 2. The van der Waals surface area contributed by atoms with Crippen molar-refractivity contribution in [2.24, 2.45) is 0 Å². The van der Waals surface area contributed by atoms with Crippen LogP contribution in [0.25, 0.3) is 10.9 Å². The van der Waals surface area contributed by atoms with Gasteiger partial charge in [0, 0.05) is 24.0 Å². The Labute approximate surface area is 55.9 Å². The Bertz CT molecular complexity index is 400. The predicted molar refractivity (Wildman–Crippen MR) is 36.7 cm³/mol. The highest BCUT2D eigenvalue weighted by atomic mass is 16.1. The highest BCUT2D eigenvalue weighted by molar-refractivity contribution is 5.76. The summed E-state index contributed by atoms with van der Waals surface area (Å²) in [4.78, 5) is 19.6. The molecule has 2 heterocycles. The third-order valence-corrected chi connectivity index (χ3v) is 1.34. The Hall–Kier alpha value is -1.58. The molecular formula is C6H5N3O. The van der Waals surface area contributed by atoms with Crippen LogP contribution in [0.2, 0.25) is 0 Å². The highest BCUT2D eigenvalue weighted by Crippen LogP contribution is 2.03. The lowest BCUT2D eigenvalue weighted by Gasteiger charge is -1.82. The van der Waals surface area contributed by atoms with Crippen molar-refractivity contribution < 1.29 is 0 Å². The van der Waals surface area contributed by atoms with Crippen LogP contribution >= 0.6 is 0 Å². The van der Waals surface area contributed by atoms with E-state index in [-0.39, 0.29) is 5.69 Å².